The van der Waals surface area contributed by atoms with E-state index in [1.807, 2.05) is 36.6 Å². The van der Waals surface area contributed by atoms with E-state index in [4.69, 9.17) is 5.14 Å². The monoisotopic (exact) mass is 380 g/mol. The summed E-state index contributed by atoms with van der Waals surface area (Å²) in [6.45, 7) is 0.579. The molecule has 0 spiro atoms. The molecule has 0 unspecified atom stereocenters. The van der Waals surface area contributed by atoms with E-state index in [1.165, 1.54) is 6.07 Å². The van der Waals surface area contributed by atoms with Crippen LogP contribution in [0.5, 0.6) is 0 Å². The van der Waals surface area contributed by atoms with Crippen molar-refractivity contribution in [2.45, 2.75) is 11.3 Å². The van der Waals surface area contributed by atoms with Crippen molar-refractivity contribution in [2.24, 2.45) is 5.14 Å². The Hall–Kier alpha value is -2.03. The van der Waals surface area contributed by atoms with E-state index in [2.05, 4.69) is 5.32 Å². The highest BCUT2D eigenvalue weighted by atomic mass is 32.2. The van der Waals surface area contributed by atoms with E-state index in [1.54, 1.807) is 11.8 Å². The molecular weight excluding hydrogens is 360 g/mol. The van der Waals surface area contributed by atoms with Crippen LogP contribution in [0.2, 0.25) is 0 Å². The van der Waals surface area contributed by atoms with Gasteiger partial charge in [-0.1, -0.05) is 30.3 Å². The van der Waals surface area contributed by atoms with Gasteiger partial charge in [0.1, 0.15) is 0 Å². The minimum Gasteiger partial charge on any atom is -0.478 e. The smallest absolute Gasteiger partial charge is 0.335 e. The van der Waals surface area contributed by atoms with Crippen molar-refractivity contribution in [1.82, 2.24) is 0 Å². The van der Waals surface area contributed by atoms with Crippen LogP contribution < -0.4 is 10.5 Å². The number of aromatic carboxylic acids is 1. The molecule has 0 saturated heterocycles. The van der Waals surface area contributed by atoms with Gasteiger partial charge in [0, 0.05) is 24.4 Å². The van der Waals surface area contributed by atoms with Crippen molar-refractivity contribution in [2.75, 3.05) is 23.9 Å². The Morgan fingerprint density at radius 1 is 1.24 bits per heavy atom. The van der Waals surface area contributed by atoms with Gasteiger partial charge in [-0.2, -0.15) is 11.8 Å². The van der Waals surface area contributed by atoms with Gasteiger partial charge in [0.25, 0.3) is 0 Å². The third kappa shape index (κ3) is 5.22. The van der Waals surface area contributed by atoms with Crippen molar-refractivity contribution < 1.29 is 18.3 Å². The van der Waals surface area contributed by atoms with E-state index in [9.17, 15) is 18.3 Å². The quantitative estimate of drug-likeness (QED) is 0.607. The number of primary sulfonamides is 1. The number of nitrogens with two attached hydrogens (primary N) is 1. The largest absolute Gasteiger partial charge is 0.478 e. The Morgan fingerprint density at radius 3 is 2.48 bits per heavy atom. The van der Waals surface area contributed by atoms with E-state index in [0.29, 0.717) is 24.2 Å². The fraction of sp³-hybridized carbons (Fsp3) is 0.235. The molecule has 0 saturated carbocycles. The fourth-order valence-electron chi connectivity index (χ4n) is 2.45. The van der Waals surface area contributed by atoms with Gasteiger partial charge >= 0.3 is 5.97 Å². The highest BCUT2D eigenvalue weighted by molar-refractivity contribution is 7.98. The van der Waals surface area contributed by atoms with Gasteiger partial charge in [0.15, 0.2) is 0 Å². The summed E-state index contributed by atoms with van der Waals surface area (Å²) in [6.07, 6.45) is 2.28. The third-order valence-corrected chi connectivity index (χ3v) is 5.20. The summed E-state index contributed by atoms with van der Waals surface area (Å²) < 4.78 is 24.1. The molecule has 0 aliphatic rings. The molecule has 0 heterocycles. The molecule has 25 heavy (non-hydrogen) atoms. The maximum Gasteiger partial charge on any atom is 0.335 e. The summed E-state index contributed by atoms with van der Waals surface area (Å²) in [6, 6.07) is 11.9. The Morgan fingerprint density at radius 2 is 1.92 bits per heavy atom. The molecule has 4 N–H and O–H groups in total. The molecule has 0 aliphatic carbocycles. The number of nitrogens with one attached hydrogen (secondary N) is 1. The minimum atomic E-state index is -4.07. The van der Waals surface area contributed by atoms with Crippen LogP contribution in [0.1, 0.15) is 21.5 Å². The molecule has 0 bridgehead atoms. The van der Waals surface area contributed by atoms with Crippen LogP contribution in [-0.4, -0.2) is 38.0 Å². The van der Waals surface area contributed by atoms with E-state index < -0.39 is 16.0 Å². The first-order chi connectivity index (χ1) is 11.8. The van der Waals surface area contributed by atoms with Crippen LogP contribution >= 0.6 is 11.8 Å². The first-order valence-electron chi connectivity index (χ1n) is 7.52. The normalized spacial score (nSPS) is 11.3. The van der Waals surface area contributed by atoms with E-state index in [-0.39, 0.29) is 10.5 Å². The highest BCUT2D eigenvalue weighted by Crippen LogP contribution is 2.28. The van der Waals surface area contributed by atoms with Gasteiger partial charge in [-0.3, -0.25) is 0 Å². The summed E-state index contributed by atoms with van der Waals surface area (Å²) in [5.74, 6) is -0.406. The standard InChI is InChI=1S/C17H20N2O4S2/c1-24-8-7-19-15-10-13(17(20)21)11-16(25(18,22)23)14(15)9-12-5-3-2-4-6-12/h2-6,10-11,19H,7-9H2,1H3,(H,20,21)(H2,18,22,23). The molecule has 8 heteroatoms. The van der Waals surface area contributed by atoms with E-state index >= 15 is 0 Å². The molecule has 6 nitrogen and oxygen atoms in total. The Kier molecular flexibility index (Phi) is 6.46. The predicted octanol–water partition coefficient (Wildman–Crippen LogP) is 2.40. The summed E-state index contributed by atoms with van der Waals surface area (Å²) in [7, 11) is -4.07. The number of sulfonamides is 1. The molecule has 0 amide bonds. The van der Waals surface area contributed by atoms with Gasteiger partial charge in [-0.25, -0.2) is 18.4 Å². The van der Waals surface area contributed by atoms with Gasteiger partial charge in [-0.05, 0) is 29.5 Å². The Labute approximate surface area is 151 Å². The average Bonchev–Trinajstić information content (AvgIpc) is 2.56. The first kappa shape index (κ1) is 19.3. The van der Waals surface area contributed by atoms with Gasteiger partial charge in [0.2, 0.25) is 10.0 Å². The molecule has 0 fully saturated rings. The predicted molar refractivity (Wildman–Crippen MR) is 101 cm³/mol. The van der Waals surface area contributed by atoms with Crippen molar-refractivity contribution in [3.63, 3.8) is 0 Å². The van der Waals surface area contributed by atoms with Crippen LogP contribution in [0.4, 0.5) is 5.69 Å². The molecule has 0 aromatic heterocycles. The number of benzene rings is 2. The number of carboxylic acids is 1. The lowest BCUT2D eigenvalue weighted by Gasteiger charge is -2.17. The molecular formula is C17H20N2O4S2. The maximum atomic E-state index is 12.1. The first-order valence-corrected chi connectivity index (χ1v) is 10.5. The Balaban J connectivity index is 2.59. The summed E-state index contributed by atoms with van der Waals surface area (Å²) >= 11 is 1.63. The van der Waals surface area contributed by atoms with Crippen LogP contribution in [0.25, 0.3) is 0 Å². The third-order valence-electron chi connectivity index (χ3n) is 3.61. The summed E-state index contributed by atoms with van der Waals surface area (Å²) in [5, 5.41) is 17.8. The maximum absolute atomic E-state index is 12.1. The lowest BCUT2D eigenvalue weighted by atomic mass is 10.0. The molecule has 2 aromatic rings. The number of thioether (sulfide) groups is 1. The number of rotatable bonds is 8. The average molecular weight is 380 g/mol. The van der Waals surface area contributed by atoms with Crippen molar-refractivity contribution in [1.29, 1.82) is 0 Å². The van der Waals surface area contributed by atoms with Crippen LogP contribution in [-0.2, 0) is 16.4 Å². The number of anilines is 1. The second-order valence-corrected chi connectivity index (χ2v) is 7.95. The number of carbonyl (C=O) groups is 1. The van der Waals surface area contributed by atoms with Gasteiger partial charge in [-0.15, -0.1) is 0 Å². The van der Waals surface area contributed by atoms with Gasteiger partial charge in [0.05, 0.1) is 10.5 Å². The zero-order valence-electron chi connectivity index (χ0n) is 13.7. The van der Waals surface area contributed by atoms with Crippen LogP contribution in [0.15, 0.2) is 47.4 Å². The zero-order valence-corrected chi connectivity index (χ0v) is 15.4. The lowest BCUT2D eigenvalue weighted by Crippen LogP contribution is -2.18. The van der Waals surface area contributed by atoms with Crippen molar-refractivity contribution >= 4 is 33.4 Å². The molecule has 2 rings (SSSR count). The second-order valence-electron chi connectivity index (χ2n) is 5.43. The minimum absolute atomic E-state index is 0.118. The highest BCUT2D eigenvalue weighted by Gasteiger charge is 2.21. The SMILES string of the molecule is CSCCNc1cc(C(=O)O)cc(S(N)(=O)=O)c1Cc1ccccc1. The Bertz CT molecular complexity index is 852. The fourth-order valence-corrected chi connectivity index (χ4v) is 3.57. The molecule has 0 aliphatic heterocycles. The molecule has 134 valence electrons. The second kappa shape index (κ2) is 8.37. The van der Waals surface area contributed by atoms with Crippen LogP contribution in [0.3, 0.4) is 0 Å². The summed E-state index contributed by atoms with van der Waals surface area (Å²) in [4.78, 5) is 11.2. The summed E-state index contributed by atoms with van der Waals surface area (Å²) in [5.41, 5.74) is 1.73. The molecule has 0 atom stereocenters. The lowest BCUT2D eigenvalue weighted by molar-refractivity contribution is 0.0696. The number of hydrogen-bond acceptors (Lipinski definition) is 5. The molecule has 2 aromatic carbocycles. The molecule has 0 radical (unpaired) electrons. The number of hydrogen-bond donors (Lipinski definition) is 3. The van der Waals surface area contributed by atoms with Crippen molar-refractivity contribution in [3.05, 3.63) is 59.2 Å². The van der Waals surface area contributed by atoms with Crippen molar-refractivity contribution in [3.8, 4) is 0 Å². The number of carboxylic acid groups (broad SMARTS) is 1. The van der Waals surface area contributed by atoms with Gasteiger partial charge < -0.3 is 10.4 Å². The topological polar surface area (TPSA) is 109 Å². The zero-order chi connectivity index (χ0) is 18.4. The van der Waals surface area contributed by atoms with E-state index in [0.717, 1.165) is 17.4 Å². The van der Waals surface area contributed by atoms with Crippen LogP contribution in [0, 0.1) is 0 Å².